The first kappa shape index (κ1) is 24.4. The highest BCUT2D eigenvalue weighted by Gasteiger charge is 2.40. The fourth-order valence-corrected chi connectivity index (χ4v) is 5.23. The molecule has 2 aliphatic rings. The number of hydrogen-bond donors (Lipinski definition) is 0. The van der Waals surface area contributed by atoms with Crippen molar-refractivity contribution in [1.29, 1.82) is 0 Å². The number of anilines is 1. The summed E-state index contributed by atoms with van der Waals surface area (Å²) in [6.45, 7) is -0.109. The Morgan fingerprint density at radius 3 is 2.28 bits per heavy atom. The van der Waals surface area contributed by atoms with Gasteiger partial charge in [0.15, 0.2) is 0 Å². The van der Waals surface area contributed by atoms with Gasteiger partial charge in [0.25, 0.3) is 11.6 Å². The number of carbonyl (C=O) groups is 2. The summed E-state index contributed by atoms with van der Waals surface area (Å²) in [7, 11) is 1.61. The Morgan fingerprint density at radius 1 is 0.949 bits per heavy atom. The minimum absolute atomic E-state index is 0.0417. The van der Waals surface area contributed by atoms with E-state index < -0.39 is 11.0 Å². The van der Waals surface area contributed by atoms with E-state index in [1.165, 1.54) is 24.3 Å². The van der Waals surface area contributed by atoms with Crippen LogP contribution in [0.25, 0.3) is 5.69 Å². The van der Waals surface area contributed by atoms with Crippen LogP contribution in [-0.4, -0.2) is 45.9 Å². The lowest BCUT2D eigenvalue weighted by molar-refractivity contribution is -0.384. The van der Waals surface area contributed by atoms with Crippen molar-refractivity contribution in [3.63, 3.8) is 0 Å². The Kier molecular flexibility index (Phi) is 6.11. The SMILES string of the molecule is COc1ccc(C2c3cccn3-c3ccccc3N2C(=O)CN(C(=O)c2ccc([N+](=O)[O-])cc2)C2CC2)cc1. The molecule has 1 aliphatic carbocycles. The van der Waals surface area contributed by atoms with Gasteiger partial charge in [0, 0.05) is 29.9 Å². The van der Waals surface area contributed by atoms with Crippen LogP contribution in [0.15, 0.2) is 91.1 Å². The molecule has 1 aliphatic heterocycles. The van der Waals surface area contributed by atoms with Gasteiger partial charge in [-0.1, -0.05) is 24.3 Å². The van der Waals surface area contributed by atoms with Crippen LogP contribution in [0, 0.1) is 10.1 Å². The lowest BCUT2D eigenvalue weighted by atomic mass is 9.97. The molecule has 1 atom stereocenters. The summed E-state index contributed by atoms with van der Waals surface area (Å²) >= 11 is 0. The molecule has 0 saturated heterocycles. The summed E-state index contributed by atoms with van der Waals surface area (Å²) in [5.41, 5.74) is 3.72. The van der Waals surface area contributed by atoms with Gasteiger partial charge in [-0.3, -0.25) is 24.6 Å². The maximum atomic E-state index is 14.2. The predicted octanol–water partition coefficient (Wildman–Crippen LogP) is 5.13. The van der Waals surface area contributed by atoms with E-state index in [9.17, 15) is 19.7 Å². The third-order valence-corrected chi connectivity index (χ3v) is 7.30. The summed E-state index contributed by atoms with van der Waals surface area (Å²) in [4.78, 5) is 41.7. The van der Waals surface area contributed by atoms with Crippen LogP contribution in [0.4, 0.5) is 11.4 Å². The number of fused-ring (bicyclic) bond motifs is 3. The number of aromatic nitrogens is 1. The first-order valence-electron chi connectivity index (χ1n) is 12.7. The molecule has 0 bridgehead atoms. The number of benzene rings is 3. The topological polar surface area (TPSA) is 97.9 Å². The minimum Gasteiger partial charge on any atom is -0.497 e. The molecule has 9 heteroatoms. The molecule has 1 saturated carbocycles. The van der Waals surface area contributed by atoms with E-state index in [4.69, 9.17) is 4.74 Å². The summed E-state index contributed by atoms with van der Waals surface area (Å²) in [5.74, 6) is 0.199. The number of carbonyl (C=O) groups excluding carboxylic acids is 2. The van der Waals surface area contributed by atoms with E-state index in [1.54, 1.807) is 16.9 Å². The Morgan fingerprint density at radius 2 is 1.64 bits per heavy atom. The number of nitro benzene ring substituents is 1. The summed E-state index contributed by atoms with van der Waals surface area (Å²) in [5, 5.41) is 11.1. The normalized spacial score (nSPS) is 15.7. The zero-order valence-electron chi connectivity index (χ0n) is 21.3. The van der Waals surface area contributed by atoms with Gasteiger partial charge in [0.2, 0.25) is 5.91 Å². The predicted molar refractivity (Wildman–Crippen MR) is 145 cm³/mol. The van der Waals surface area contributed by atoms with E-state index in [2.05, 4.69) is 4.57 Å². The summed E-state index contributed by atoms with van der Waals surface area (Å²) in [6.07, 6.45) is 3.61. The van der Waals surface area contributed by atoms with Crippen molar-refractivity contribution < 1.29 is 19.2 Å². The second-order valence-electron chi connectivity index (χ2n) is 9.70. The van der Waals surface area contributed by atoms with Gasteiger partial charge in [-0.25, -0.2) is 0 Å². The fourth-order valence-electron chi connectivity index (χ4n) is 5.23. The van der Waals surface area contributed by atoms with Gasteiger partial charge in [0.05, 0.1) is 29.1 Å². The molecule has 4 aromatic rings. The second-order valence-corrected chi connectivity index (χ2v) is 9.70. The summed E-state index contributed by atoms with van der Waals surface area (Å²) in [6, 6.07) is 24.4. The zero-order chi connectivity index (χ0) is 27.1. The Bertz CT molecular complexity index is 1560. The number of methoxy groups -OCH3 is 1. The van der Waals surface area contributed by atoms with E-state index in [0.29, 0.717) is 5.56 Å². The number of nitrogens with zero attached hydrogens (tertiary/aromatic N) is 4. The number of nitro groups is 1. The first-order valence-corrected chi connectivity index (χ1v) is 12.7. The van der Waals surface area contributed by atoms with Crippen LogP contribution in [0.2, 0.25) is 0 Å². The zero-order valence-corrected chi connectivity index (χ0v) is 21.3. The Hall–Kier alpha value is -4.92. The molecule has 2 amide bonds. The molecule has 0 spiro atoms. The largest absolute Gasteiger partial charge is 0.497 e. The van der Waals surface area contributed by atoms with Crippen LogP contribution >= 0.6 is 0 Å². The van der Waals surface area contributed by atoms with E-state index in [1.807, 2.05) is 66.9 Å². The van der Waals surface area contributed by atoms with Crippen molar-refractivity contribution >= 4 is 23.2 Å². The first-order chi connectivity index (χ1) is 19.0. The molecule has 1 aromatic heterocycles. The maximum Gasteiger partial charge on any atom is 0.269 e. The smallest absolute Gasteiger partial charge is 0.269 e. The van der Waals surface area contributed by atoms with Crippen molar-refractivity contribution in [1.82, 2.24) is 9.47 Å². The highest BCUT2D eigenvalue weighted by atomic mass is 16.6. The standard InChI is InChI=1S/C30H26N4O5/c1-39-24-16-10-20(11-17-24)29-27-7-4-18-31(27)25-5-2-3-6-26(25)33(29)28(35)19-32(22-14-15-22)30(36)21-8-12-23(13-9-21)34(37)38/h2-13,16-18,22,29H,14-15,19H2,1H3. The molecule has 9 nitrogen and oxygen atoms in total. The molecule has 2 heterocycles. The number of non-ortho nitro benzene ring substituents is 1. The number of amides is 2. The van der Waals surface area contributed by atoms with Gasteiger partial charge in [-0.05, 0) is 66.9 Å². The van der Waals surface area contributed by atoms with Gasteiger partial charge in [0.1, 0.15) is 18.3 Å². The minimum atomic E-state index is -0.501. The molecule has 6 rings (SSSR count). The van der Waals surface area contributed by atoms with Gasteiger partial charge in [-0.15, -0.1) is 0 Å². The monoisotopic (exact) mass is 522 g/mol. The molecular formula is C30H26N4O5. The van der Waals surface area contributed by atoms with Crippen molar-refractivity contribution in [3.8, 4) is 11.4 Å². The quantitative estimate of drug-likeness (QED) is 0.247. The van der Waals surface area contributed by atoms with Crippen molar-refractivity contribution in [3.05, 3.63) is 118 Å². The number of ether oxygens (including phenoxy) is 1. The number of para-hydroxylation sites is 2. The van der Waals surface area contributed by atoms with Crippen molar-refractivity contribution in [2.24, 2.45) is 0 Å². The van der Waals surface area contributed by atoms with Gasteiger partial charge < -0.3 is 14.2 Å². The Labute approximate surface area is 225 Å². The molecule has 1 fully saturated rings. The van der Waals surface area contributed by atoms with E-state index in [0.717, 1.165) is 41.2 Å². The van der Waals surface area contributed by atoms with Gasteiger partial charge >= 0.3 is 0 Å². The molecule has 3 aromatic carbocycles. The van der Waals surface area contributed by atoms with Crippen LogP contribution in [0.1, 0.15) is 40.5 Å². The fraction of sp³-hybridized carbons (Fsp3) is 0.200. The average molecular weight is 523 g/mol. The molecule has 0 N–H and O–H groups in total. The van der Waals surface area contributed by atoms with E-state index in [-0.39, 0.29) is 30.1 Å². The van der Waals surface area contributed by atoms with Crippen LogP contribution < -0.4 is 9.64 Å². The van der Waals surface area contributed by atoms with Crippen molar-refractivity contribution in [2.45, 2.75) is 24.9 Å². The summed E-state index contributed by atoms with van der Waals surface area (Å²) < 4.78 is 7.44. The highest BCUT2D eigenvalue weighted by molar-refractivity contribution is 6.03. The average Bonchev–Trinajstić information content (AvgIpc) is 3.69. The molecule has 1 unspecified atom stereocenters. The second kappa shape index (κ2) is 9.75. The number of rotatable bonds is 7. The molecule has 39 heavy (non-hydrogen) atoms. The van der Waals surface area contributed by atoms with Crippen LogP contribution in [0.5, 0.6) is 5.75 Å². The van der Waals surface area contributed by atoms with Crippen molar-refractivity contribution in [2.75, 3.05) is 18.6 Å². The van der Waals surface area contributed by atoms with Gasteiger partial charge in [-0.2, -0.15) is 0 Å². The lowest BCUT2D eigenvalue weighted by Crippen LogP contribution is -2.47. The third-order valence-electron chi connectivity index (χ3n) is 7.30. The van der Waals surface area contributed by atoms with Crippen LogP contribution in [0.3, 0.4) is 0 Å². The Balaban J connectivity index is 1.37. The lowest BCUT2D eigenvalue weighted by Gasteiger charge is -2.39. The highest BCUT2D eigenvalue weighted by Crippen LogP contribution is 2.43. The third kappa shape index (κ3) is 4.41. The number of hydrogen-bond acceptors (Lipinski definition) is 5. The molecule has 0 radical (unpaired) electrons. The van der Waals surface area contributed by atoms with Crippen LogP contribution in [-0.2, 0) is 4.79 Å². The maximum absolute atomic E-state index is 14.2. The molecule has 196 valence electrons. The van der Waals surface area contributed by atoms with E-state index >= 15 is 0 Å². The molecular weight excluding hydrogens is 496 g/mol.